The van der Waals surface area contributed by atoms with E-state index in [1.807, 2.05) is 25.1 Å². The molecule has 2 aliphatic rings. The predicted molar refractivity (Wildman–Crippen MR) is 186 cm³/mol. The van der Waals surface area contributed by atoms with Gasteiger partial charge >= 0.3 is 12.4 Å². The molecular formula is C40H30F6N2O5. The summed E-state index contributed by atoms with van der Waals surface area (Å²) >= 11 is 0. The van der Waals surface area contributed by atoms with Gasteiger partial charge in [-0.15, -0.1) is 0 Å². The maximum Gasteiger partial charge on any atom is 0.411 e. The predicted octanol–water partition coefficient (Wildman–Crippen LogP) is 9.06. The summed E-state index contributed by atoms with van der Waals surface area (Å²) in [4.78, 5) is 40.6. The number of carbonyl (C=O) groups is 3. The van der Waals surface area contributed by atoms with Gasteiger partial charge in [0.2, 0.25) is 5.41 Å². The van der Waals surface area contributed by atoms with E-state index >= 15 is 26.3 Å². The number of imide groups is 1. The molecule has 0 atom stereocenters. The highest BCUT2D eigenvalue weighted by atomic mass is 19.4. The number of hydrogen-bond donors (Lipinski definition) is 0. The number of ether oxygens (including phenoxy) is 2. The topological polar surface area (TPSA) is 76.2 Å². The first-order valence-electron chi connectivity index (χ1n) is 16.0. The number of alkyl halides is 6. The summed E-state index contributed by atoms with van der Waals surface area (Å²) in [6, 6.07) is 14.2. The van der Waals surface area contributed by atoms with E-state index in [0.29, 0.717) is 40.5 Å². The van der Waals surface area contributed by atoms with E-state index in [1.165, 1.54) is 12.1 Å². The van der Waals surface area contributed by atoms with Gasteiger partial charge in [-0.3, -0.25) is 24.2 Å². The second-order valence-electron chi connectivity index (χ2n) is 12.4. The lowest BCUT2D eigenvalue weighted by Gasteiger charge is -2.38. The van der Waals surface area contributed by atoms with Crippen LogP contribution in [0, 0.1) is 6.92 Å². The Bertz CT molecular complexity index is 2230. The highest BCUT2D eigenvalue weighted by Gasteiger charge is 2.73. The Balaban J connectivity index is 1.46. The van der Waals surface area contributed by atoms with Gasteiger partial charge in [0.1, 0.15) is 24.7 Å². The molecular weight excluding hydrogens is 702 g/mol. The van der Waals surface area contributed by atoms with Gasteiger partial charge in [0.25, 0.3) is 17.7 Å². The lowest BCUT2D eigenvalue weighted by atomic mass is 9.71. The molecule has 0 unspecified atom stereocenters. The average Bonchev–Trinajstić information content (AvgIpc) is 3.48. The van der Waals surface area contributed by atoms with Gasteiger partial charge in [-0.1, -0.05) is 62.2 Å². The van der Waals surface area contributed by atoms with Crippen molar-refractivity contribution in [2.45, 2.75) is 24.7 Å². The van der Waals surface area contributed by atoms with Gasteiger partial charge in [-0.2, -0.15) is 26.3 Å². The first-order valence-corrected chi connectivity index (χ1v) is 16.0. The fraction of sp³-hybridized carbons (Fsp3) is 0.175. The van der Waals surface area contributed by atoms with E-state index < -0.39 is 52.2 Å². The van der Waals surface area contributed by atoms with Gasteiger partial charge < -0.3 is 9.47 Å². The Morgan fingerprint density at radius 3 is 1.70 bits per heavy atom. The summed E-state index contributed by atoms with van der Waals surface area (Å²) in [6.45, 7) is 13.4. The molecule has 0 saturated carbocycles. The van der Waals surface area contributed by atoms with Crippen molar-refractivity contribution in [3.05, 3.63) is 144 Å². The second kappa shape index (κ2) is 13.1. The minimum atomic E-state index is -6.01. The number of amides is 3. The number of aryl methyl sites for hydroxylation is 1. The number of rotatable bonds is 10. The number of benzene rings is 4. The van der Waals surface area contributed by atoms with Crippen molar-refractivity contribution in [1.29, 1.82) is 0 Å². The fourth-order valence-electron chi connectivity index (χ4n) is 6.62. The van der Waals surface area contributed by atoms with Gasteiger partial charge in [0, 0.05) is 18.2 Å². The largest absolute Gasteiger partial charge is 0.489 e. The Morgan fingerprint density at radius 1 is 0.642 bits per heavy atom. The van der Waals surface area contributed by atoms with Crippen molar-refractivity contribution in [1.82, 2.24) is 4.90 Å². The fourth-order valence-corrected chi connectivity index (χ4v) is 6.62. The summed E-state index contributed by atoms with van der Waals surface area (Å²) < 4.78 is 103. The van der Waals surface area contributed by atoms with Gasteiger partial charge in [-0.05, 0) is 77.2 Å². The van der Waals surface area contributed by atoms with Gasteiger partial charge in [0.05, 0.1) is 22.5 Å². The molecule has 7 nitrogen and oxygen atoms in total. The number of fused-ring (bicyclic) bond motifs is 2. The Morgan fingerprint density at radius 2 is 1.13 bits per heavy atom. The van der Waals surface area contributed by atoms with E-state index in [2.05, 4.69) is 19.7 Å². The molecule has 0 spiro atoms. The van der Waals surface area contributed by atoms with Crippen LogP contribution in [-0.2, 0) is 5.41 Å². The van der Waals surface area contributed by atoms with Gasteiger partial charge in [-0.25, -0.2) is 0 Å². The quantitative estimate of drug-likeness (QED) is 0.0925. The molecule has 0 aliphatic carbocycles. The molecule has 0 radical (unpaired) electrons. The Labute approximate surface area is 300 Å². The number of hydrogen-bond acceptors (Lipinski definition) is 5. The average molecular weight is 733 g/mol. The molecule has 272 valence electrons. The van der Waals surface area contributed by atoms with E-state index in [0.717, 1.165) is 35.2 Å². The van der Waals surface area contributed by atoms with Crippen LogP contribution >= 0.6 is 0 Å². The monoisotopic (exact) mass is 732 g/mol. The Kier molecular flexibility index (Phi) is 9.09. The van der Waals surface area contributed by atoms with Crippen LogP contribution in [0.4, 0.5) is 32.0 Å². The minimum absolute atomic E-state index is 0.00595. The van der Waals surface area contributed by atoms with E-state index in [9.17, 15) is 14.4 Å². The molecule has 6 rings (SSSR count). The molecule has 3 amide bonds. The first-order chi connectivity index (χ1) is 25.0. The lowest BCUT2D eigenvalue weighted by Crippen LogP contribution is -2.54. The van der Waals surface area contributed by atoms with E-state index in [-0.39, 0.29) is 47.0 Å². The molecule has 2 aliphatic heterocycles. The maximum atomic E-state index is 15.2. The van der Waals surface area contributed by atoms with E-state index in [4.69, 9.17) is 9.47 Å². The normalized spacial score (nSPS) is 14.4. The summed E-state index contributed by atoms with van der Waals surface area (Å²) in [5.41, 5.74) is -6.50. The summed E-state index contributed by atoms with van der Waals surface area (Å²) in [5, 5.41) is 0. The van der Waals surface area contributed by atoms with Gasteiger partial charge in [0.15, 0.2) is 0 Å². The highest BCUT2D eigenvalue weighted by Crippen LogP contribution is 2.57. The van der Waals surface area contributed by atoms with Crippen LogP contribution in [0.2, 0.25) is 0 Å². The smallest absolute Gasteiger partial charge is 0.411 e. The van der Waals surface area contributed by atoms with Crippen LogP contribution in [0.3, 0.4) is 0 Å². The van der Waals surface area contributed by atoms with Crippen LogP contribution in [0.1, 0.15) is 53.3 Å². The third kappa shape index (κ3) is 5.76. The highest BCUT2D eigenvalue weighted by molar-refractivity contribution is 6.23. The number of nitrogens with zero attached hydrogens (tertiary/aromatic N) is 2. The van der Waals surface area contributed by atoms with Crippen molar-refractivity contribution < 1.29 is 50.2 Å². The number of halogens is 6. The van der Waals surface area contributed by atoms with Crippen molar-refractivity contribution in [2.24, 2.45) is 0 Å². The number of anilines is 1. The van der Waals surface area contributed by atoms with Crippen molar-refractivity contribution >= 4 is 29.1 Å². The molecule has 0 bridgehead atoms. The number of carbonyl (C=O) groups excluding carboxylic acids is 3. The summed E-state index contributed by atoms with van der Waals surface area (Å²) in [6.07, 6.45) is -8.96. The minimum Gasteiger partial charge on any atom is -0.489 e. The van der Waals surface area contributed by atoms with Crippen LogP contribution in [0.25, 0.3) is 16.8 Å². The molecule has 2 heterocycles. The van der Waals surface area contributed by atoms with Crippen LogP contribution in [-0.4, -0.2) is 55.2 Å². The third-order valence-corrected chi connectivity index (χ3v) is 9.28. The van der Waals surface area contributed by atoms with Crippen molar-refractivity contribution in [2.75, 3.05) is 25.2 Å². The summed E-state index contributed by atoms with van der Waals surface area (Å²) in [7, 11) is 1.07. The molecule has 0 saturated heterocycles. The zero-order valence-corrected chi connectivity index (χ0v) is 28.3. The molecule has 0 aromatic heterocycles. The maximum absolute atomic E-state index is 15.2. The molecule has 13 heteroatoms. The molecule has 4 aromatic carbocycles. The lowest BCUT2D eigenvalue weighted by molar-refractivity contribution is -0.288. The van der Waals surface area contributed by atoms with Crippen LogP contribution in [0.15, 0.2) is 105 Å². The third-order valence-electron chi connectivity index (χ3n) is 9.28. The zero-order valence-electron chi connectivity index (χ0n) is 28.3. The first kappa shape index (κ1) is 36.7. The van der Waals surface area contributed by atoms with Crippen LogP contribution < -0.4 is 14.4 Å². The Hall–Kier alpha value is -6.11. The zero-order chi connectivity index (χ0) is 38.6. The molecule has 53 heavy (non-hydrogen) atoms. The van der Waals surface area contributed by atoms with Crippen LogP contribution in [0.5, 0.6) is 11.5 Å². The van der Waals surface area contributed by atoms with Crippen molar-refractivity contribution in [3.63, 3.8) is 0 Å². The standard InChI is InChI=1S/C40H30F6N2O5/c1-6-16-52-33-18-24(9-8-22(33)3)25-10-15-32(34(19-25)53-17-7-2)48-23(4)30-20-26(11-13-28(30)37(48)51)38(39(41,42)43,40(44,45)46)27-12-14-29-31(21-27)36(50)47(5)35(29)49/h6-15,18-21H,1-2,4,16-17H2,3,5H3. The molecule has 0 N–H and O–H groups in total. The molecule has 0 fully saturated rings. The van der Waals surface area contributed by atoms with Crippen molar-refractivity contribution in [3.8, 4) is 22.6 Å². The second-order valence-corrected chi connectivity index (χ2v) is 12.4. The molecule has 4 aromatic rings. The SMILES string of the molecule is C=CCOc1cc(-c2ccc(N3C(=C)c4cc(C(c5ccc6c(c5)C(=O)N(C)C6=O)(C(F)(F)F)C(F)(F)F)ccc4C3=O)c(OCC=C)c2)ccc1C. The van der Waals surface area contributed by atoms with E-state index in [1.54, 1.807) is 18.2 Å². The summed E-state index contributed by atoms with van der Waals surface area (Å²) in [5.74, 6) is -1.91.